The van der Waals surface area contributed by atoms with Gasteiger partial charge in [0.05, 0.1) is 24.3 Å². The Labute approximate surface area is 122 Å². The molecule has 1 saturated heterocycles. The van der Waals surface area contributed by atoms with Gasteiger partial charge in [-0.2, -0.15) is 9.57 Å². The van der Waals surface area contributed by atoms with Crippen molar-refractivity contribution in [2.45, 2.75) is 23.5 Å². The zero-order valence-corrected chi connectivity index (χ0v) is 12.2. The van der Waals surface area contributed by atoms with Crippen LogP contribution in [0.25, 0.3) is 0 Å². The molecule has 2 atom stereocenters. The van der Waals surface area contributed by atoms with Crippen LogP contribution in [0.4, 0.5) is 4.39 Å². The van der Waals surface area contributed by atoms with E-state index < -0.39 is 21.9 Å². The van der Waals surface area contributed by atoms with Crippen LogP contribution >= 0.6 is 0 Å². The second kappa shape index (κ2) is 6.07. The predicted octanol–water partition coefficient (Wildman–Crippen LogP) is 0.468. The Morgan fingerprint density at radius 2 is 2.29 bits per heavy atom. The largest absolute Gasteiger partial charge is 0.395 e. The van der Waals surface area contributed by atoms with Gasteiger partial charge < -0.3 is 9.84 Å². The van der Waals surface area contributed by atoms with Gasteiger partial charge in [-0.05, 0) is 24.6 Å². The summed E-state index contributed by atoms with van der Waals surface area (Å²) in [6.45, 7) is -0.255. The third-order valence-corrected chi connectivity index (χ3v) is 5.50. The van der Waals surface area contributed by atoms with Gasteiger partial charge in [-0.1, -0.05) is 0 Å². The van der Waals surface area contributed by atoms with Gasteiger partial charge >= 0.3 is 0 Å². The summed E-state index contributed by atoms with van der Waals surface area (Å²) in [6, 6.07) is 4.01. The zero-order valence-electron chi connectivity index (χ0n) is 11.4. The van der Waals surface area contributed by atoms with Gasteiger partial charge in [0, 0.05) is 13.7 Å². The molecular formula is C13H15FN2O4S. The molecule has 1 aliphatic rings. The molecule has 0 bridgehead atoms. The van der Waals surface area contributed by atoms with Crippen LogP contribution in [0.15, 0.2) is 23.1 Å². The maximum absolute atomic E-state index is 13.1. The van der Waals surface area contributed by atoms with Crippen LogP contribution in [-0.4, -0.2) is 50.2 Å². The number of sulfonamides is 1. The molecular weight excluding hydrogens is 299 g/mol. The molecule has 2 rings (SSSR count). The van der Waals surface area contributed by atoms with Crippen LogP contribution in [0.5, 0.6) is 0 Å². The van der Waals surface area contributed by atoms with Crippen molar-refractivity contribution in [1.82, 2.24) is 4.31 Å². The number of methoxy groups -OCH3 is 1. The number of nitrogens with zero attached hydrogens (tertiary/aromatic N) is 2. The third-order valence-electron chi connectivity index (χ3n) is 3.52. The van der Waals surface area contributed by atoms with E-state index in [9.17, 15) is 17.9 Å². The first kappa shape index (κ1) is 15.9. The number of hydrogen-bond donors (Lipinski definition) is 1. The fourth-order valence-corrected chi connectivity index (χ4v) is 4.20. The Kier molecular flexibility index (Phi) is 4.58. The average molecular weight is 314 g/mol. The Morgan fingerprint density at radius 3 is 2.86 bits per heavy atom. The molecule has 0 saturated carbocycles. The normalized spacial score (nSPS) is 23.1. The van der Waals surface area contributed by atoms with Crippen molar-refractivity contribution >= 4 is 10.0 Å². The molecule has 6 nitrogen and oxygen atoms in total. The van der Waals surface area contributed by atoms with Crippen molar-refractivity contribution in [3.63, 3.8) is 0 Å². The molecule has 0 aromatic heterocycles. The molecule has 1 heterocycles. The van der Waals surface area contributed by atoms with Crippen molar-refractivity contribution < 1.29 is 22.7 Å². The van der Waals surface area contributed by atoms with E-state index in [2.05, 4.69) is 0 Å². The van der Waals surface area contributed by atoms with E-state index in [4.69, 9.17) is 10.00 Å². The Bertz CT molecular complexity index is 671. The van der Waals surface area contributed by atoms with Crippen LogP contribution in [0.1, 0.15) is 12.0 Å². The van der Waals surface area contributed by atoms with Crippen LogP contribution in [0.2, 0.25) is 0 Å². The highest BCUT2D eigenvalue weighted by atomic mass is 32.2. The minimum Gasteiger partial charge on any atom is -0.395 e. The summed E-state index contributed by atoms with van der Waals surface area (Å²) in [5.74, 6) is -0.680. The molecule has 1 aromatic carbocycles. The highest BCUT2D eigenvalue weighted by molar-refractivity contribution is 7.89. The summed E-state index contributed by atoms with van der Waals surface area (Å²) < 4.78 is 44.7. The van der Waals surface area contributed by atoms with Crippen LogP contribution < -0.4 is 0 Å². The van der Waals surface area contributed by atoms with E-state index in [1.165, 1.54) is 7.11 Å². The molecule has 8 heteroatoms. The fourth-order valence-electron chi connectivity index (χ4n) is 2.42. The minimum atomic E-state index is -4.00. The number of benzene rings is 1. The van der Waals surface area contributed by atoms with E-state index in [1.807, 2.05) is 0 Å². The van der Waals surface area contributed by atoms with Gasteiger partial charge in [0.1, 0.15) is 16.8 Å². The highest BCUT2D eigenvalue weighted by Crippen LogP contribution is 2.29. The number of rotatable bonds is 4. The van der Waals surface area contributed by atoms with Crippen molar-refractivity contribution in [2.24, 2.45) is 0 Å². The number of ether oxygens (including phenoxy) is 1. The monoisotopic (exact) mass is 314 g/mol. The minimum absolute atomic E-state index is 0.0896. The lowest BCUT2D eigenvalue weighted by Gasteiger charge is -2.22. The summed E-state index contributed by atoms with van der Waals surface area (Å²) >= 11 is 0. The van der Waals surface area contributed by atoms with E-state index >= 15 is 0 Å². The summed E-state index contributed by atoms with van der Waals surface area (Å²) in [5.41, 5.74) is -0.257. The summed E-state index contributed by atoms with van der Waals surface area (Å²) in [7, 11) is -2.53. The smallest absolute Gasteiger partial charge is 0.244 e. The fraction of sp³-hybridized carbons (Fsp3) is 0.462. The molecule has 1 fully saturated rings. The molecule has 114 valence electrons. The number of aliphatic hydroxyl groups excluding tert-OH is 1. The molecule has 0 aliphatic carbocycles. The quantitative estimate of drug-likeness (QED) is 0.872. The van der Waals surface area contributed by atoms with Crippen molar-refractivity contribution in [3.05, 3.63) is 29.6 Å². The molecule has 0 spiro atoms. The van der Waals surface area contributed by atoms with Gasteiger partial charge in [0.2, 0.25) is 10.0 Å². The third kappa shape index (κ3) is 2.91. The molecule has 1 aliphatic heterocycles. The molecule has 21 heavy (non-hydrogen) atoms. The van der Waals surface area contributed by atoms with E-state index in [0.29, 0.717) is 6.42 Å². The lowest BCUT2D eigenvalue weighted by Crippen LogP contribution is -2.38. The van der Waals surface area contributed by atoms with E-state index in [-0.39, 0.29) is 29.7 Å². The summed E-state index contributed by atoms with van der Waals surface area (Å²) in [5, 5.41) is 18.3. The van der Waals surface area contributed by atoms with Gasteiger partial charge in [-0.3, -0.25) is 0 Å². The van der Waals surface area contributed by atoms with E-state index in [0.717, 1.165) is 22.5 Å². The lowest BCUT2D eigenvalue weighted by molar-refractivity contribution is 0.113. The molecule has 0 amide bonds. The topological polar surface area (TPSA) is 90.6 Å². The molecule has 1 N–H and O–H groups in total. The first-order valence-corrected chi connectivity index (χ1v) is 7.73. The number of hydrogen-bond acceptors (Lipinski definition) is 5. The SMILES string of the molecule is CO[C@H]1C[C@@H](CO)N(S(=O)(=O)c2ccc(F)cc2C#N)C1. The first-order chi connectivity index (χ1) is 9.93. The Morgan fingerprint density at radius 1 is 1.57 bits per heavy atom. The predicted molar refractivity (Wildman–Crippen MR) is 71.3 cm³/mol. The summed E-state index contributed by atoms with van der Waals surface area (Å²) in [6.07, 6.45) is 0.0536. The second-order valence-corrected chi connectivity index (χ2v) is 6.62. The molecule has 0 unspecified atom stereocenters. The molecule has 1 aromatic rings. The number of nitriles is 1. The van der Waals surface area contributed by atoms with Crippen molar-refractivity contribution in [2.75, 3.05) is 20.3 Å². The highest BCUT2D eigenvalue weighted by Gasteiger charge is 2.40. The maximum Gasteiger partial charge on any atom is 0.244 e. The van der Waals surface area contributed by atoms with Crippen LogP contribution in [0.3, 0.4) is 0 Å². The molecule has 0 radical (unpaired) electrons. The average Bonchev–Trinajstić information content (AvgIpc) is 2.91. The van der Waals surface area contributed by atoms with Crippen LogP contribution in [0, 0.1) is 17.1 Å². The zero-order chi connectivity index (χ0) is 15.6. The van der Waals surface area contributed by atoms with Gasteiger partial charge in [-0.15, -0.1) is 0 Å². The standard InChI is InChI=1S/C13H15FN2O4S/c1-20-12-5-11(8-17)16(7-12)21(18,19)13-3-2-10(14)4-9(13)6-15/h2-4,11-12,17H,5,7-8H2,1H3/t11-,12-/m0/s1. The summed E-state index contributed by atoms with van der Waals surface area (Å²) in [4.78, 5) is -0.262. The van der Waals surface area contributed by atoms with Gasteiger partial charge in [0.25, 0.3) is 0 Å². The lowest BCUT2D eigenvalue weighted by atomic mass is 10.2. The van der Waals surface area contributed by atoms with Gasteiger partial charge in [0.15, 0.2) is 0 Å². The van der Waals surface area contributed by atoms with Gasteiger partial charge in [-0.25, -0.2) is 12.8 Å². The number of halogens is 1. The van der Waals surface area contributed by atoms with Crippen molar-refractivity contribution in [3.8, 4) is 6.07 Å². The second-order valence-electron chi connectivity index (χ2n) is 4.76. The Hall–Kier alpha value is -1.53. The maximum atomic E-state index is 13.1. The van der Waals surface area contributed by atoms with Crippen LogP contribution in [-0.2, 0) is 14.8 Å². The Balaban J connectivity index is 2.45. The van der Waals surface area contributed by atoms with E-state index in [1.54, 1.807) is 6.07 Å². The van der Waals surface area contributed by atoms with Crippen molar-refractivity contribution in [1.29, 1.82) is 5.26 Å². The number of aliphatic hydroxyl groups is 1. The first-order valence-electron chi connectivity index (χ1n) is 6.29.